The van der Waals surface area contributed by atoms with Crippen molar-refractivity contribution < 1.29 is 14.7 Å². The van der Waals surface area contributed by atoms with Crippen molar-refractivity contribution in [2.75, 3.05) is 20.1 Å². The molecule has 19 heavy (non-hydrogen) atoms. The van der Waals surface area contributed by atoms with Crippen molar-refractivity contribution in [3.63, 3.8) is 0 Å². The minimum atomic E-state index is -0.828. The second-order valence-electron chi connectivity index (χ2n) is 4.80. The number of aliphatic carboxylic acids is 1. The Balaban J connectivity index is 1.93. The highest BCUT2D eigenvalue weighted by Gasteiger charge is 2.29. The Morgan fingerprint density at radius 2 is 2.42 bits per heavy atom. The van der Waals surface area contributed by atoms with Crippen molar-refractivity contribution in [3.8, 4) is 0 Å². The van der Waals surface area contributed by atoms with E-state index in [9.17, 15) is 9.59 Å². The monoisotopic (exact) mass is 266 g/mol. The van der Waals surface area contributed by atoms with Gasteiger partial charge in [0.2, 0.25) is 0 Å². The number of hydrogen-bond donors (Lipinski definition) is 2. The number of hydrogen-bond acceptors (Lipinski definition) is 3. The van der Waals surface area contributed by atoms with Crippen molar-refractivity contribution in [2.24, 2.45) is 5.92 Å². The van der Waals surface area contributed by atoms with Crippen molar-refractivity contribution in [2.45, 2.75) is 19.4 Å². The molecule has 1 aliphatic rings. The van der Waals surface area contributed by atoms with Gasteiger partial charge in [0.05, 0.1) is 12.5 Å². The van der Waals surface area contributed by atoms with Gasteiger partial charge >= 0.3 is 12.0 Å². The molecule has 104 valence electrons. The summed E-state index contributed by atoms with van der Waals surface area (Å²) in [6, 6.07) is -0.151. The summed E-state index contributed by atoms with van der Waals surface area (Å²) >= 11 is 0. The number of imidazole rings is 1. The van der Waals surface area contributed by atoms with Crippen LogP contribution in [0.5, 0.6) is 0 Å². The van der Waals surface area contributed by atoms with Gasteiger partial charge in [-0.05, 0) is 12.8 Å². The third-order valence-electron chi connectivity index (χ3n) is 3.31. The third-order valence-corrected chi connectivity index (χ3v) is 3.31. The number of carboxylic acids is 1. The van der Waals surface area contributed by atoms with E-state index in [2.05, 4.69) is 9.97 Å². The lowest BCUT2D eigenvalue weighted by Gasteiger charge is -2.33. The molecular formula is C12H18N4O3. The number of aromatic nitrogens is 2. The summed E-state index contributed by atoms with van der Waals surface area (Å²) in [5.74, 6) is -0.566. The molecule has 0 saturated carbocycles. The zero-order valence-corrected chi connectivity index (χ0v) is 10.9. The molecule has 2 N–H and O–H groups in total. The standard InChI is InChI=1S/C12H18N4O3/c1-15(8-10-13-4-5-14-10)12(19)16-6-2-3-9(7-16)11(17)18/h4-5,9H,2-3,6-8H2,1H3,(H,13,14)(H,17,18)/t9-/m0/s1. The molecule has 0 aromatic carbocycles. The number of nitrogens with zero attached hydrogens (tertiary/aromatic N) is 3. The minimum Gasteiger partial charge on any atom is -0.481 e. The van der Waals surface area contributed by atoms with Gasteiger partial charge in [-0.2, -0.15) is 0 Å². The smallest absolute Gasteiger partial charge is 0.320 e. The summed E-state index contributed by atoms with van der Waals surface area (Å²) < 4.78 is 0. The Labute approximate surface area is 111 Å². The molecule has 0 aliphatic carbocycles. The van der Waals surface area contributed by atoms with Gasteiger partial charge in [0.1, 0.15) is 5.82 Å². The van der Waals surface area contributed by atoms with Crippen molar-refractivity contribution in [1.29, 1.82) is 0 Å². The number of carbonyl (C=O) groups excluding carboxylic acids is 1. The molecule has 1 atom stereocenters. The van der Waals surface area contributed by atoms with E-state index in [1.165, 1.54) is 0 Å². The molecule has 1 aromatic rings. The van der Waals surface area contributed by atoms with Crippen molar-refractivity contribution in [1.82, 2.24) is 19.8 Å². The number of aromatic amines is 1. The summed E-state index contributed by atoms with van der Waals surface area (Å²) in [5.41, 5.74) is 0. The molecule has 7 heteroatoms. The third kappa shape index (κ3) is 3.24. The van der Waals surface area contributed by atoms with Crippen LogP contribution < -0.4 is 0 Å². The number of urea groups is 1. The molecule has 1 saturated heterocycles. The van der Waals surface area contributed by atoms with Crippen LogP contribution in [0.2, 0.25) is 0 Å². The number of carbonyl (C=O) groups is 2. The van der Waals surface area contributed by atoms with Crippen LogP contribution in [0.4, 0.5) is 4.79 Å². The maximum absolute atomic E-state index is 12.2. The number of rotatable bonds is 3. The van der Waals surface area contributed by atoms with Crippen LogP contribution in [-0.4, -0.2) is 57.0 Å². The molecule has 2 amide bonds. The van der Waals surface area contributed by atoms with E-state index in [1.54, 1.807) is 29.2 Å². The molecule has 1 aliphatic heterocycles. The van der Waals surface area contributed by atoms with E-state index in [4.69, 9.17) is 5.11 Å². The van der Waals surface area contributed by atoms with Gasteiger partial charge < -0.3 is 19.9 Å². The van der Waals surface area contributed by atoms with Gasteiger partial charge in [-0.3, -0.25) is 4.79 Å². The summed E-state index contributed by atoms with van der Waals surface area (Å²) in [5, 5.41) is 9.02. The molecule has 2 rings (SSSR count). The summed E-state index contributed by atoms with van der Waals surface area (Å²) in [6.07, 6.45) is 4.71. The maximum atomic E-state index is 12.2. The van der Waals surface area contributed by atoms with Crippen LogP contribution in [0.25, 0.3) is 0 Å². The number of amides is 2. The molecule has 0 radical (unpaired) electrons. The van der Waals surface area contributed by atoms with Crippen LogP contribution in [0.1, 0.15) is 18.7 Å². The highest BCUT2D eigenvalue weighted by molar-refractivity contribution is 5.76. The van der Waals surface area contributed by atoms with Gasteiger partial charge in [0.15, 0.2) is 0 Å². The summed E-state index contributed by atoms with van der Waals surface area (Å²) in [4.78, 5) is 33.3. The Morgan fingerprint density at radius 3 is 3.05 bits per heavy atom. The lowest BCUT2D eigenvalue weighted by Crippen LogP contribution is -2.47. The number of nitrogens with one attached hydrogen (secondary N) is 1. The first-order valence-electron chi connectivity index (χ1n) is 6.29. The first-order valence-corrected chi connectivity index (χ1v) is 6.29. The van der Waals surface area contributed by atoms with Crippen LogP contribution >= 0.6 is 0 Å². The Kier molecular flexibility index (Phi) is 4.03. The number of likely N-dealkylation sites (tertiary alicyclic amines) is 1. The van der Waals surface area contributed by atoms with Gasteiger partial charge in [-0.1, -0.05) is 0 Å². The molecule has 2 heterocycles. The van der Waals surface area contributed by atoms with Crippen LogP contribution in [-0.2, 0) is 11.3 Å². The Morgan fingerprint density at radius 1 is 1.63 bits per heavy atom. The van der Waals surface area contributed by atoms with E-state index in [0.29, 0.717) is 25.3 Å². The van der Waals surface area contributed by atoms with E-state index < -0.39 is 11.9 Å². The summed E-state index contributed by atoms with van der Waals surface area (Å²) in [7, 11) is 1.69. The highest BCUT2D eigenvalue weighted by Crippen LogP contribution is 2.18. The zero-order valence-electron chi connectivity index (χ0n) is 10.9. The van der Waals surface area contributed by atoms with E-state index in [-0.39, 0.29) is 12.6 Å². The molecule has 0 spiro atoms. The molecule has 0 unspecified atom stereocenters. The second-order valence-corrected chi connectivity index (χ2v) is 4.80. The van der Waals surface area contributed by atoms with Crippen LogP contribution in [0.3, 0.4) is 0 Å². The summed E-state index contributed by atoms with van der Waals surface area (Å²) in [6.45, 7) is 1.29. The zero-order chi connectivity index (χ0) is 13.8. The SMILES string of the molecule is CN(Cc1ncc[nH]1)C(=O)N1CCC[C@H](C(=O)O)C1. The fourth-order valence-electron chi connectivity index (χ4n) is 2.27. The average Bonchev–Trinajstić information content (AvgIpc) is 2.90. The van der Waals surface area contributed by atoms with E-state index >= 15 is 0 Å². The maximum Gasteiger partial charge on any atom is 0.320 e. The average molecular weight is 266 g/mol. The quantitative estimate of drug-likeness (QED) is 0.845. The molecule has 7 nitrogen and oxygen atoms in total. The predicted molar refractivity (Wildman–Crippen MR) is 67.4 cm³/mol. The van der Waals surface area contributed by atoms with Gasteiger partial charge in [0, 0.05) is 32.5 Å². The van der Waals surface area contributed by atoms with E-state index in [1.807, 2.05) is 0 Å². The fraction of sp³-hybridized carbons (Fsp3) is 0.583. The fourth-order valence-corrected chi connectivity index (χ4v) is 2.27. The van der Waals surface area contributed by atoms with E-state index in [0.717, 1.165) is 6.42 Å². The Bertz CT molecular complexity index is 446. The van der Waals surface area contributed by atoms with Crippen LogP contribution in [0, 0.1) is 5.92 Å². The van der Waals surface area contributed by atoms with Crippen LogP contribution in [0.15, 0.2) is 12.4 Å². The molecule has 0 bridgehead atoms. The van der Waals surface area contributed by atoms with Crippen molar-refractivity contribution in [3.05, 3.63) is 18.2 Å². The van der Waals surface area contributed by atoms with Gasteiger partial charge in [-0.25, -0.2) is 9.78 Å². The topological polar surface area (TPSA) is 89.5 Å². The normalized spacial score (nSPS) is 19.2. The predicted octanol–water partition coefficient (Wildman–Crippen LogP) is 0.758. The van der Waals surface area contributed by atoms with Crippen molar-refractivity contribution >= 4 is 12.0 Å². The largest absolute Gasteiger partial charge is 0.481 e. The lowest BCUT2D eigenvalue weighted by atomic mass is 9.99. The Hall–Kier alpha value is -2.05. The molecule has 1 aromatic heterocycles. The molecular weight excluding hydrogens is 248 g/mol. The number of carboxylic acid groups (broad SMARTS) is 1. The van der Waals surface area contributed by atoms with Gasteiger partial charge in [-0.15, -0.1) is 0 Å². The highest BCUT2D eigenvalue weighted by atomic mass is 16.4. The lowest BCUT2D eigenvalue weighted by molar-refractivity contribution is -0.143. The van der Waals surface area contributed by atoms with Gasteiger partial charge in [0.25, 0.3) is 0 Å². The minimum absolute atomic E-state index is 0.151. The number of piperidine rings is 1. The number of H-pyrrole nitrogens is 1. The first-order chi connectivity index (χ1) is 9.08. The first kappa shape index (κ1) is 13.4. The molecule has 1 fully saturated rings. The second kappa shape index (κ2) is 5.73.